The zero-order chi connectivity index (χ0) is 99.2. The number of hydrogen-bond donors (Lipinski definition) is 5. The Kier molecular flexibility index (Phi) is 36.4. The first kappa shape index (κ1) is 105. The van der Waals surface area contributed by atoms with E-state index < -0.39 is 28.9 Å². The molecular formula is C96H117BrClF2N25O15. The van der Waals surface area contributed by atoms with Crippen molar-refractivity contribution in [3.63, 3.8) is 0 Å². The number of aromatic nitrogens is 10. The highest BCUT2D eigenvalue weighted by molar-refractivity contribution is 9.10. The Balaban J connectivity index is 0.000000150. The molecular weight excluding hydrogens is 1900 g/mol. The number of fused-ring (bicyclic) bond motifs is 2. The number of rotatable bonds is 11. The van der Waals surface area contributed by atoms with Gasteiger partial charge in [0, 0.05) is 232 Å². The molecule has 6 aromatic heterocycles. The highest BCUT2D eigenvalue weighted by Crippen LogP contribution is 2.30. The molecule has 9 amide bonds. The predicted molar refractivity (Wildman–Crippen MR) is 521 cm³/mol. The Labute approximate surface area is 823 Å². The average Bonchev–Trinajstić information content (AvgIpc) is 1.57. The zero-order valence-corrected chi connectivity index (χ0v) is 81.8. The Hall–Kier alpha value is -13.6. The number of nitrogens with one attached hydrogen (secondary N) is 4. The molecule has 10 aliphatic heterocycles. The van der Waals surface area contributed by atoms with E-state index in [0.717, 1.165) is 85.5 Å². The van der Waals surface area contributed by atoms with E-state index in [0.29, 0.717) is 138 Å². The van der Waals surface area contributed by atoms with Gasteiger partial charge in [-0.15, -0.1) is 12.4 Å². The molecule has 744 valence electrons. The summed E-state index contributed by atoms with van der Waals surface area (Å²) in [6.07, 6.45) is 16.0. The number of piperazine rings is 5. The maximum absolute atomic E-state index is 13.3. The Morgan fingerprint density at radius 1 is 0.400 bits per heavy atom. The molecule has 40 nitrogen and oxygen atoms in total. The Morgan fingerprint density at radius 3 is 1.09 bits per heavy atom. The van der Waals surface area contributed by atoms with Crippen LogP contribution in [0, 0.1) is 11.6 Å². The topological polar surface area (TPSA) is 432 Å². The normalized spacial score (nSPS) is 17.8. The number of carboxylic acid groups (broad SMARTS) is 1. The Morgan fingerprint density at radius 2 is 0.764 bits per heavy atom. The minimum Gasteiger partial charge on any atom is -0.478 e. The minimum absolute atomic E-state index is 0. The summed E-state index contributed by atoms with van der Waals surface area (Å²) in [7, 11) is 0. The lowest BCUT2D eigenvalue weighted by Crippen LogP contribution is -2.65. The number of anilines is 3. The highest BCUT2D eigenvalue weighted by Gasteiger charge is 2.44. The molecule has 0 spiro atoms. The molecule has 10 aliphatic rings. The van der Waals surface area contributed by atoms with E-state index in [1.54, 1.807) is 162 Å². The van der Waals surface area contributed by atoms with Gasteiger partial charge in [0.25, 0.3) is 5.91 Å². The van der Waals surface area contributed by atoms with Crippen molar-refractivity contribution in [1.82, 2.24) is 109 Å². The molecule has 0 bridgehead atoms. The molecule has 10 fully saturated rings. The largest absolute Gasteiger partial charge is 0.478 e. The molecule has 44 heteroatoms. The summed E-state index contributed by atoms with van der Waals surface area (Å²) >= 11 is 3.09. The third kappa shape index (κ3) is 29.8. The maximum Gasteiger partial charge on any atom is 0.411 e. The van der Waals surface area contributed by atoms with Gasteiger partial charge in [-0.1, -0.05) is 0 Å². The van der Waals surface area contributed by atoms with Crippen LogP contribution in [-0.4, -0.2) is 363 Å². The van der Waals surface area contributed by atoms with Gasteiger partial charge in [-0.05, 0) is 200 Å². The molecule has 0 radical (unpaired) electrons. The van der Waals surface area contributed by atoms with Crippen molar-refractivity contribution in [2.24, 2.45) is 0 Å². The number of benzene rings is 4. The number of carbonyl (C=O) groups is 11. The number of hydrogen-bond acceptors (Lipinski definition) is 28. The fourth-order valence-corrected chi connectivity index (χ4v) is 15.9. The molecule has 4 aromatic carbocycles. The highest BCUT2D eigenvalue weighted by atomic mass is 79.9. The van der Waals surface area contributed by atoms with Crippen molar-refractivity contribution in [1.29, 1.82) is 0 Å². The summed E-state index contributed by atoms with van der Waals surface area (Å²) in [5.41, 5.74) is 3.01. The number of halogens is 4. The maximum atomic E-state index is 13.3. The number of carbonyl (C=O) groups excluding carboxylic acids is 10. The second-order valence-electron chi connectivity index (χ2n) is 36.9. The monoisotopic (exact) mass is 2010 g/mol. The first-order valence-electron chi connectivity index (χ1n) is 45.7. The van der Waals surface area contributed by atoms with Crippen LogP contribution in [0.15, 0.2) is 188 Å². The van der Waals surface area contributed by atoms with Gasteiger partial charge < -0.3 is 64.4 Å². The van der Waals surface area contributed by atoms with Crippen LogP contribution in [0.2, 0.25) is 0 Å². The first-order valence-corrected chi connectivity index (χ1v) is 46.5. The molecule has 0 unspecified atom stereocenters. The van der Waals surface area contributed by atoms with Gasteiger partial charge in [-0.25, -0.2) is 67.8 Å². The zero-order valence-electron chi connectivity index (χ0n) is 79.4. The van der Waals surface area contributed by atoms with Crippen LogP contribution in [-0.2, 0) is 43.0 Å². The number of likely N-dealkylation sites (tertiary alicyclic amines) is 4. The average molecular weight is 2010 g/mol. The number of aromatic carboxylic acids is 1. The number of ketones is 1. The molecule has 0 aliphatic carbocycles. The van der Waals surface area contributed by atoms with E-state index >= 15 is 0 Å². The molecule has 10 aromatic rings. The number of Topliss-reactive ketones (excluding diaryl/α,β-unsaturated/α-hetero) is 1. The smallest absolute Gasteiger partial charge is 0.411 e. The third-order valence-electron chi connectivity index (χ3n) is 23.1. The van der Waals surface area contributed by atoms with Crippen molar-refractivity contribution >= 4 is 133 Å². The van der Waals surface area contributed by atoms with Gasteiger partial charge in [-0.3, -0.25) is 72.8 Å². The van der Waals surface area contributed by atoms with Gasteiger partial charge >= 0.3 is 24.2 Å². The van der Waals surface area contributed by atoms with Crippen LogP contribution in [0.25, 0.3) is 33.2 Å². The van der Waals surface area contributed by atoms with Gasteiger partial charge in [0.1, 0.15) is 28.4 Å². The lowest BCUT2D eigenvalue weighted by Gasteiger charge is -2.47. The molecule has 0 saturated carbocycles. The summed E-state index contributed by atoms with van der Waals surface area (Å²) in [5.74, 6) is 0.193. The third-order valence-corrected chi connectivity index (χ3v) is 23.5. The second kappa shape index (κ2) is 48.3. The fraction of sp³-hybridized carbons (Fsp3) is 0.427. The van der Waals surface area contributed by atoms with E-state index in [2.05, 4.69) is 96.7 Å². The van der Waals surface area contributed by atoms with Crippen molar-refractivity contribution in [3.05, 3.63) is 211 Å². The molecule has 16 heterocycles. The molecule has 140 heavy (non-hydrogen) atoms. The fourth-order valence-electron chi connectivity index (χ4n) is 15.7. The summed E-state index contributed by atoms with van der Waals surface area (Å²) in [5, 5.41) is 22.4. The van der Waals surface area contributed by atoms with E-state index in [4.69, 9.17) is 19.3 Å². The second-order valence-corrected chi connectivity index (χ2v) is 37.6. The first-order chi connectivity index (χ1) is 66.4. The van der Waals surface area contributed by atoms with Gasteiger partial charge in [0.05, 0.1) is 62.4 Å². The number of nitrogens with zero attached hydrogens (tertiary/aromatic N) is 21. The number of ether oxygens (including phenoxy) is 3. The van der Waals surface area contributed by atoms with Crippen LogP contribution >= 0.6 is 28.3 Å². The summed E-state index contributed by atoms with van der Waals surface area (Å²) in [6.45, 7) is 32.0. The lowest BCUT2D eigenvalue weighted by molar-refractivity contribution is -0.129. The summed E-state index contributed by atoms with van der Waals surface area (Å²) in [4.78, 5) is 180. The van der Waals surface area contributed by atoms with Crippen LogP contribution in [0.3, 0.4) is 0 Å². The number of amides is 9. The molecule has 20 rings (SSSR count). The van der Waals surface area contributed by atoms with Gasteiger partial charge in [0.15, 0.2) is 10.5 Å². The number of carboxylic acids is 1. The van der Waals surface area contributed by atoms with Crippen molar-refractivity contribution in [3.8, 4) is 11.4 Å². The van der Waals surface area contributed by atoms with E-state index in [9.17, 15) is 61.5 Å². The van der Waals surface area contributed by atoms with Crippen LogP contribution < -0.4 is 36.0 Å². The van der Waals surface area contributed by atoms with Gasteiger partial charge in [0.2, 0.25) is 47.4 Å². The van der Waals surface area contributed by atoms with E-state index in [1.165, 1.54) is 29.2 Å². The SMILES string of the molecule is Brc1ncccn1.CC(C)(C)OC(=O)N1CC(=O)C1.CC(C)(C)OC(=O)N1CC(N2CCN(c3ncccn3)C(=O)C2)C1.CC(C)(C)OC(=O)N1CC(N2CCNC(=O)C2)C1.Cl.O=C(O)c1ccc2c(ccn2-c2ccc(F)cc2)c1.O=C(c1ccc2c(ccn2-c2ccc(F)cc2)c1)N1CC(N2CCN(c3ncccn3)C(=O)C2)C1.O=C1CN(C2CNC2)CCN1c1ncccn1.O=C1CNCCN1. The van der Waals surface area contributed by atoms with Gasteiger partial charge in [-0.2, -0.15) is 0 Å². The quantitative estimate of drug-likeness (QED) is 0.0628. The standard InChI is InChI=1S/C26H23FN6O2.C16H23N5O3.C15H10FNO2.C12H21N3O3.C11H15N5O.C8H13NO3.C4H3BrN2.C4H8N2O.ClH/c27-20-3-5-21(6-4-20)32-11-8-18-14-19(2-7-23(18)32)25(35)31-15-22(16-31)30-12-13-33(24(34)17-30)26-28-9-1-10-29-26;1-16(2,3)24-15(23)20-9-12(10-20)19-7-8-21(13(22)11-19)14-17-5-4-6-18-14;16-12-2-4-13(5-3-12)17-8-7-10-9-11(15(18)19)1-6-14(10)17;1-12(2,3)18-11(17)15-6-9(7-15)14-5-4-13-10(16)8-14;17-10-8-15(9-6-12-7-9)4-5-16(10)11-13-2-1-3-14-11;1-8(2,3)12-7(11)9-4-6(10)5-9;5-4-6-2-1-3-7-4;7-4-3-5-1-2-6-4;/h1-11,14,22H,12-13,15-17H2;4-6,12H,7-11H2,1-3H3;1-9H,(H,18,19);9H,4-8H2,1-3H3,(H,13,16);1-3,9,12H,4-8H2;4-5H2,1-3H3;1-3H;5H,1-3H2,(H,6,7);1H. The predicted octanol–water partition coefficient (Wildman–Crippen LogP) is 7.25. The molecule has 10 saturated heterocycles. The van der Waals surface area contributed by atoms with Crippen molar-refractivity contribution < 1.29 is 80.8 Å². The summed E-state index contributed by atoms with van der Waals surface area (Å²) < 4.78 is 46.3. The van der Waals surface area contributed by atoms with Crippen LogP contribution in [0.5, 0.6) is 0 Å². The molecule has 5 N–H and O–H groups in total. The Bertz CT molecular complexity index is 5900. The van der Waals surface area contributed by atoms with E-state index in [1.807, 2.05) is 98.3 Å². The van der Waals surface area contributed by atoms with Crippen LogP contribution in [0.4, 0.5) is 41.0 Å². The van der Waals surface area contributed by atoms with E-state index in [-0.39, 0.29) is 108 Å². The lowest BCUT2D eigenvalue weighted by atomic mass is 10.0. The summed E-state index contributed by atoms with van der Waals surface area (Å²) in [6, 6.07) is 35.0. The van der Waals surface area contributed by atoms with Crippen molar-refractivity contribution in [2.45, 2.75) is 103 Å². The minimum atomic E-state index is -0.948. The molecule has 0 atom stereocenters. The van der Waals surface area contributed by atoms with Crippen molar-refractivity contribution in [2.75, 3.05) is 178 Å². The van der Waals surface area contributed by atoms with Crippen LogP contribution in [0.1, 0.15) is 83.0 Å².